The van der Waals surface area contributed by atoms with E-state index in [2.05, 4.69) is 6.58 Å². The van der Waals surface area contributed by atoms with Crippen LogP contribution in [0.1, 0.15) is 13.3 Å². The van der Waals surface area contributed by atoms with Crippen molar-refractivity contribution in [3.8, 4) is 0 Å². The average Bonchev–Trinajstić information content (AvgIpc) is 1.99. The van der Waals surface area contributed by atoms with Crippen LogP contribution in [-0.2, 0) is 9.53 Å². The molecule has 1 N–H and O–H groups in total. The van der Waals surface area contributed by atoms with E-state index in [4.69, 9.17) is 9.84 Å². The van der Waals surface area contributed by atoms with Gasteiger partial charge in [0.25, 0.3) is 0 Å². The van der Waals surface area contributed by atoms with Crippen LogP contribution >= 0.6 is 0 Å². The van der Waals surface area contributed by atoms with Crippen molar-refractivity contribution in [2.24, 2.45) is 11.8 Å². The molecule has 12 heavy (non-hydrogen) atoms. The standard InChI is InChI=1S/C9H16O3/c1-4-5-7(2)8(6-12-3)9(10)11/h4,7-8H,1,5-6H2,2-3H3,(H,10,11)/t7-,8-/m0/s1. The molecule has 0 aromatic rings. The van der Waals surface area contributed by atoms with E-state index in [0.717, 1.165) is 0 Å². The predicted octanol–water partition coefficient (Wildman–Crippen LogP) is 1.55. The Morgan fingerprint density at radius 2 is 2.33 bits per heavy atom. The molecule has 0 radical (unpaired) electrons. The fourth-order valence-electron chi connectivity index (χ4n) is 1.09. The number of carboxylic acids is 1. The number of carbonyl (C=O) groups is 1. The van der Waals surface area contributed by atoms with Gasteiger partial charge in [-0.3, -0.25) is 4.79 Å². The SMILES string of the molecule is C=CC[C@H](C)[C@H](COC)C(=O)O. The number of methoxy groups -OCH3 is 1. The zero-order valence-corrected chi connectivity index (χ0v) is 7.62. The summed E-state index contributed by atoms with van der Waals surface area (Å²) in [6.45, 7) is 5.73. The van der Waals surface area contributed by atoms with Crippen molar-refractivity contribution < 1.29 is 14.6 Å². The summed E-state index contributed by atoms with van der Waals surface area (Å²) < 4.78 is 4.82. The van der Waals surface area contributed by atoms with Crippen molar-refractivity contribution in [1.82, 2.24) is 0 Å². The van der Waals surface area contributed by atoms with Gasteiger partial charge in [0.1, 0.15) is 0 Å². The van der Waals surface area contributed by atoms with Gasteiger partial charge in [0.2, 0.25) is 0 Å². The smallest absolute Gasteiger partial charge is 0.309 e. The van der Waals surface area contributed by atoms with Crippen LogP contribution in [-0.4, -0.2) is 24.8 Å². The van der Waals surface area contributed by atoms with E-state index in [-0.39, 0.29) is 12.5 Å². The number of aliphatic carboxylic acids is 1. The topological polar surface area (TPSA) is 46.5 Å². The fraction of sp³-hybridized carbons (Fsp3) is 0.667. The van der Waals surface area contributed by atoms with Crippen LogP contribution in [0.3, 0.4) is 0 Å². The van der Waals surface area contributed by atoms with E-state index in [9.17, 15) is 4.79 Å². The normalized spacial score (nSPS) is 15.2. The highest BCUT2D eigenvalue weighted by atomic mass is 16.5. The molecule has 3 heteroatoms. The van der Waals surface area contributed by atoms with E-state index in [1.807, 2.05) is 6.92 Å². The minimum atomic E-state index is -0.800. The lowest BCUT2D eigenvalue weighted by Gasteiger charge is -2.17. The highest BCUT2D eigenvalue weighted by Gasteiger charge is 2.23. The maximum Gasteiger partial charge on any atom is 0.309 e. The number of hydrogen-bond acceptors (Lipinski definition) is 2. The Morgan fingerprint density at radius 1 is 1.75 bits per heavy atom. The van der Waals surface area contributed by atoms with Gasteiger partial charge in [-0.05, 0) is 12.3 Å². The van der Waals surface area contributed by atoms with Crippen LogP contribution in [0.5, 0.6) is 0 Å². The molecule has 2 atom stereocenters. The molecular weight excluding hydrogens is 156 g/mol. The van der Waals surface area contributed by atoms with Crippen LogP contribution in [0.25, 0.3) is 0 Å². The van der Waals surface area contributed by atoms with Crippen molar-refractivity contribution in [3.63, 3.8) is 0 Å². The van der Waals surface area contributed by atoms with Crippen molar-refractivity contribution in [3.05, 3.63) is 12.7 Å². The molecule has 70 valence electrons. The lowest BCUT2D eigenvalue weighted by atomic mass is 9.92. The second kappa shape index (κ2) is 5.77. The maximum atomic E-state index is 10.7. The van der Waals surface area contributed by atoms with Crippen LogP contribution in [0.4, 0.5) is 0 Å². The minimum Gasteiger partial charge on any atom is -0.481 e. The van der Waals surface area contributed by atoms with Gasteiger partial charge in [0.05, 0.1) is 12.5 Å². The van der Waals surface area contributed by atoms with Gasteiger partial charge in [-0.2, -0.15) is 0 Å². The Balaban J connectivity index is 4.07. The van der Waals surface area contributed by atoms with Crippen LogP contribution in [0, 0.1) is 11.8 Å². The van der Waals surface area contributed by atoms with Gasteiger partial charge < -0.3 is 9.84 Å². The van der Waals surface area contributed by atoms with Crippen molar-refractivity contribution in [2.75, 3.05) is 13.7 Å². The minimum absolute atomic E-state index is 0.0833. The molecule has 0 amide bonds. The average molecular weight is 172 g/mol. The summed E-state index contributed by atoms with van der Waals surface area (Å²) >= 11 is 0. The first kappa shape index (κ1) is 11.2. The first-order valence-electron chi connectivity index (χ1n) is 3.96. The summed E-state index contributed by atoms with van der Waals surface area (Å²) in [6, 6.07) is 0. The summed E-state index contributed by atoms with van der Waals surface area (Å²) in [5.74, 6) is -1.14. The number of ether oxygens (including phenoxy) is 1. The van der Waals surface area contributed by atoms with Crippen LogP contribution in [0.2, 0.25) is 0 Å². The number of carboxylic acid groups (broad SMARTS) is 1. The summed E-state index contributed by atoms with van der Waals surface area (Å²) in [4.78, 5) is 10.7. The number of rotatable bonds is 6. The predicted molar refractivity (Wildman–Crippen MR) is 47.0 cm³/mol. The lowest BCUT2D eigenvalue weighted by molar-refractivity contribution is -0.145. The Hall–Kier alpha value is -0.830. The molecule has 3 nitrogen and oxygen atoms in total. The Kier molecular flexibility index (Phi) is 5.37. The number of hydrogen-bond donors (Lipinski definition) is 1. The largest absolute Gasteiger partial charge is 0.481 e. The monoisotopic (exact) mass is 172 g/mol. The third kappa shape index (κ3) is 3.53. The molecule has 0 saturated carbocycles. The van der Waals surface area contributed by atoms with Crippen molar-refractivity contribution >= 4 is 5.97 Å². The maximum absolute atomic E-state index is 10.7. The van der Waals surface area contributed by atoms with Crippen LogP contribution in [0.15, 0.2) is 12.7 Å². The van der Waals surface area contributed by atoms with Gasteiger partial charge in [0.15, 0.2) is 0 Å². The molecular formula is C9H16O3. The Labute approximate surface area is 73.0 Å². The zero-order valence-electron chi connectivity index (χ0n) is 7.62. The molecule has 0 aliphatic rings. The molecule has 0 saturated heterocycles. The lowest BCUT2D eigenvalue weighted by Crippen LogP contribution is -2.25. The molecule has 0 aromatic carbocycles. The Morgan fingerprint density at radius 3 is 2.67 bits per heavy atom. The molecule has 0 unspecified atom stereocenters. The van der Waals surface area contributed by atoms with E-state index in [1.54, 1.807) is 6.08 Å². The third-order valence-corrected chi connectivity index (χ3v) is 1.89. The first-order valence-corrected chi connectivity index (χ1v) is 3.96. The molecule has 0 spiro atoms. The van der Waals surface area contributed by atoms with Crippen molar-refractivity contribution in [1.29, 1.82) is 0 Å². The summed E-state index contributed by atoms with van der Waals surface area (Å²) in [5.41, 5.74) is 0. The summed E-state index contributed by atoms with van der Waals surface area (Å²) in [6.07, 6.45) is 2.44. The highest BCUT2D eigenvalue weighted by Crippen LogP contribution is 2.16. The molecule has 0 aliphatic heterocycles. The van der Waals surface area contributed by atoms with Crippen molar-refractivity contribution in [2.45, 2.75) is 13.3 Å². The molecule has 0 fully saturated rings. The molecule has 0 bridgehead atoms. The van der Waals surface area contributed by atoms with E-state index in [1.165, 1.54) is 7.11 Å². The van der Waals surface area contributed by atoms with E-state index >= 15 is 0 Å². The fourth-order valence-corrected chi connectivity index (χ4v) is 1.09. The van der Waals surface area contributed by atoms with Crippen LogP contribution < -0.4 is 0 Å². The highest BCUT2D eigenvalue weighted by molar-refractivity contribution is 5.70. The second-order valence-electron chi connectivity index (χ2n) is 2.90. The summed E-state index contributed by atoms with van der Waals surface area (Å²) in [5, 5.41) is 8.79. The Bertz CT molecular complexity index is 154. The zero-order chi connectivity index (χ0) is 9.56. The molecule has 0 aliphatic carbocycles. The van der Waals surface area contributed by atoms with Gasteiger partial charge >= 0.3 is 5.97 Å². The first-order chi connectivity index (χ1) is 5.63. The summed E-state index contributed by atoms with van der Waals surface area (Å²) in [7, 11) is 1.51. The van der Waals surface area contributed by atoms with E-state index < -0.39 is 11.9 Å². The van der Waals surface area contributed by atoms with Gasteiger partial charge in [-0.15, -0.1) is 6.58 Å². The second-order valence-corrected chi connectivity index (χ2v) is 2.90. The molecule has 0 rings (SSSR count). The quantitative estimate of drug-likeness (QED) is 0.618. The van der Waals surface area contributed by atoms with Gasteiger partial charge in [-0.25, -0.2) is 0 Å². The third-order valence-electron chi connectivity index (χ3n) is 1.89. The number of allylic oxidation sites excluding steroid dienone is 1. The van der Waals surface area contributed by atoms with E-state index in [0.29, 0.717) is 6.42 Å². The van der Waals surface area contributed by atoms with Gasteiger partial charge in [-0.1, -0.05) is 13.0 Å². The van der Waals surface area contributed by atoms with Gasteiger partial charge in [0, 0.05) is 7.11 Å². The molecule has 0 heterocycles. The molecule has 0 aromatic heterocycles.